The summed E-state index contributed by atoms with van der Waals surface area (Å²) in [6.07, 6.45) is 3.45. The Morgan fingerprint density at radius 2 is 2.42 bits per heavy atom. The number of thioether (sulfide) groups is 1. The first-order valence-electron chi connectivity index (χ1n) is 3.51. The highest BCUT2D eigenvalue weighted by Gasteiger charge is 2.33. The maximum Gasteiger partial charge on any atom is 0.263 e. The number of hydrogen-bond acceptors (Lipinski definition) is 2. The van der Waals surface area contributed by atoms with Crippen molar-refractivity contribution >= 4 is 39.8 Å². The van der Waals surface area contributed by atoms with Crippen molar-refractivity contribution in [2.45, 2.75) is 12.2 Å². The minimum Gasteiger partial charge on any atom is -0.271 e. The molecular weight excluding hydrogens is 238 g/mol. The molecule has 1 unspecified atom stereocenters. The van der Waals surface area contributed by atoms with E-state index in [1.807, 2.05) is 13.0 Å². The lowest BCUT2D eigenvalue weighted by Crippen LogP contribution is -2.17. The van der Waals surface area contributed by atoms with Crippen LogP contribution in [-0.2, 0) is 4.79 Å². The van der Waals surface area contributed by atoms with Crippen LogP contribution in [0, 0.1) is 0 Å². The zero-order chi connectivity index (χ0) is 8.72. The smallest absolute Gasteiger partial charge is 0.263 e. The second kappa shape index (κ2) is 2.85. The fourth-order valence-electron chi connectivity index (χ4n) is 1.21. The van der Waals surface area contributed by atoms with Gasteiger partial charge in [0.1, 0.15) is 5.25 Å². The fraction of sp³-hybridized carbons (Fsp3) is 0.250. The van der Waals surface area contributed by atoms with Gasteiger partial charge in [-0.1, -0.05) is 0 Å². The van der Waals surface area contributed by atoms with Crippen molar-refractivity contribution in [3.63, 3.8) is 0 Å². The van der Waals surface area contributed by atoms with Crippen molar-refractivity contribution in [1.29, 1.82) is 0 Å². The molecule has 0 aromatic heterocycles. The van der Waals surface area contributed by atoms with Gasteiger partial charge in [-0.15, -0.1) is 11.8 Å². The summed E-state index contributed by atoms with van der Waals surface area (Å²) >= 11 is 5.02. The molecule has 0 aromatic rings. The summed E-state index contributed by atoms with van der Waals surface area (Å²) in [4.78, 5) is 16.2. The highest BCUT2D eigenvalue weighted by atomic mass is 79.9. The van der Waals surface area contributed by atoms with Gasteiger partial charge >= 0.3 is 0 Å². The summed E-state index contributed by atoms with van der Waals surface area (Å²) in [5, 5.41) is -0.0932. The van der Waals surface area contributed by atoms with Crippen LogP contribution in [-0.4, -0.2) is 17.4 Å². The molecule has 2 rings (SSSR count). The molecule has 2 aliphatic heterocycles. The number of allylic oxidation sites excluding steroid dienone is 3. The molecule has 0 saturated carbocycles. The van der Waals surface area contributed by atoms with Gasteiger partial charge in [0, 0.05) is 10.7 Å². The first kappa shape index (κ1) is 8.26. The van der Waals surface area contributed by atoms with Crippen LogP contribution < -0.4 is 0 Å². The predicted molar refractivity (Wildman–Crippen MR) is 54.6 cm³/mol. The number of hydrogen-bond donors (Lipinski definition) is 0. The van der Waals surface area contributed by atoms with Crippen LogP contribution in [0.2, 0.25) is 0 Å². The number of nitrogens with zero attached hydrogens (tertiary/aromatic N) is 1. The quantitative estimate of drug-likeness (QED) is 0.654. The van der Waals surface area contributed by atoms with Crippen molar-refractivity contribution in [3.8, 4) is 0 Å². The molecule has 2 aliphatic rings. The third-order valence-electron chi connectivity index (χ3n) is 1.82. The van der Waals surface area contributed by atoms with E-state index in [1.165, 1.54) is 0 Å². The Bertz CT molecular complexity index is 343. The molecule has 62 valence electrons. The molecule has 0 aliphatic carbocycles. The average molecular weight is 244 g/mol. The van der Waals surface area contributed by atoms with Crippen LogP contribution in [0.3, 0.4) is 0 Å². The monoisotopic (exact) mass is 243 g/mol. The molecule has 0 radical (unpaired) electrons. The minimum atomic E-state index is -0.0932. The van der Waals surface area contributed by atoms with E-state index in [0.717, 1.165) is 15.0 Å². The summed E-state index contributed by atoms with van der Waals surface area (Å²) in [6.45, 7) is 2.00. The Hall–Kier alpha value is -0.350. The molecule has 2 nitrogen and oxygen atoms in total. The van der Waals surface area contributed by atoms with Crippen molar-refractivity contribution in [3.05, 3.63) is 21.0 Å². The van der Waals surface area contributed by atoms with Gasteiger partial charge in [-0.25, -0.2) is 4.99 Å². The van der Waals surface area contributed by atoms with Crippen molar-refractivity contribution in [1.82, 2.24) is 0 Å². The third-order valence-corrected chi connectivity index (χ3v) is 4.38. The summed E-state index contributed by atoms with van der Waals surface area (Å²) < 4.78 is 1.05. The van der Waals surface area contributed by atoms with E-state index in [0.29, 0.717) is 0 Å². The Labute approximate surface area is 83.0 Å². The Morgan fingerprint density at radius 1 is 1.67 bits per heavy atom. The van der Waals surface area contributed by atoms with E-state index in [9.17, 15) is 4.79 Å². The van der Waals surface area contributed by atoms with Gasteiger partial charge in [0.15, 0.2) is 0 Å². The molecular formula is C8H6BrNOS. The lowest BCUT2D eigenvalue weighted by molar-refractivity contribution is -0.116. The van der Waals surface area contributed by atoms with Crippen LogP contribution in [0.25, 0.3) is 0 Å². The van der Waals surface area contributed by atoms with Crippen LogP contribution in [0.4, 0.5) is 0 Å². The van der Waals surface area contributed by atoms with Gasteiger partial charge in [0.2, 0.25) is 0 Å². The van der Waals surface area contributed by atoms with Crippen molar-refractivity contribution in [2.75, 3.05) is 0 Å². The van der Waals surface area contributed by atoms with Crippen LogP contribution in [0.5, 0.6) is 0 Å². The Morgan fingerprint density at radius 3 is 3.08 bits per heavy atom. The van der Waals surface area contributed by atoms with E-state index in [4.69, 9.17) is 0 Å². The number of aliphatic imine (C=N–C) groups is 1. The van der Waals surface area contributed by atoms with Crippen molar-refractivity contribution in [2.24, 2.45) is 4.99 Å². The number of amides is 1. The Balaban J connectivity index is 2.45. The first-order valence-corrected chi connectivity index (χ1v) is 5.19. The second-order valence-corrected chi connectivity index (χ2v) is 4.72. The molecule has 0 fully saturated rings. The van der Waals surface area contributed by atoms with E-state index in [2.05, 4.69) is 20.9 Å². The topological polar surface area (TPSA) is 29.4 Å². The van der Waals surface area contributed by atoms with Gasteiger partial charge in [0.25, 0.3) is 5.91 Å². The molecule has 0 saturated heterocycles. The molecule has 2 heterocycles. The average Bonchev–Trinajstić information content (AvgIpc) is 2.32. The van der Waals surface area contributed by atoms with Gasteiger partial charge in [-0.05, 0) is 39.4 Å². The van der Waals surface area contributed by atoms with Crippen LogP contribution >= 0.6 is 27.7 Å². The van der Waals surface area contributed by atoms with Crippen LogP contribution in [0.15, 0.2) is 26.0 Å². The maximum absolute atomic E-state index is 11.3. The summed E-state index contributed by atoms with van der Waals surface area (Å²) in [5.41, 5.74) is 1.05. The predicted octanol–water partition coefficient (Wildman–Crippen LogP) is 2.27. The number of carbonyl (C=O) groups excluding carboxylic acids is 1. The zero-order valence-corrected chi connectivity index (χ0v) is 8.78. The van der Waals surface area contributed by atoms with E-state index < -0.39 is 0 Å². The fourth-order valence-corrected chi connectivity index (χ4v) is 3.07. The lowest BCUT2D eigenvalue weighted by atomic mass is 10.1. The minimum absolute atomic E-state index is 0.0497. The molecule has 4 heteroatoms. The molecule has 0 bridgehead atoms. The highest BCUT2D eigenvalue weighted by Crippen LogP contribution is 2.45. The SMILES string of the molecule is CC1=C(Br)C2=CC=NC(=O)C2S1. The molecule has 12 heavy (non-hydrogen) atoms. The first-order chi connectivity index (χ1) is 5.70. The van der Waals surface area contributed by atoms with Crippen LogP contribution in [0.1, 0.15) is 6.92 Å². The number of dihydropyridines is 1. The normalized spacial score (nSPS) is 27.7. The lowest BCUT2D eigenvalue weighted by Gasteiger charge is -2.09. The number of carbonyl (C=O) groups is 1. The molecule has 0 aromatic carbocycles. The van der Waals surface area contributed by atoms with Gasteiger partial charge in [-0.2, -0.15) is 0 Å². The summed E-state index contributed by atoms with van der Waals surface area (Å²) in [6, 6.07) is 0. The summed E-state index contributed by atoms with van der Waals surface area (Å²) in [5.74, 6) is -0.0497. The van der Waals surface area contributed by atoms with Gasteiger partial charge < -0.3 is 0 Å². The molecule has 0 N–H and O–H groups in total. The molecule has 1 amide bonds. The van der Waals surface area contributed by atoms with Crippen molar-refractivity contribution < 1.29 is 4.79 Å². The van der Waals surface area contributed by atoms with E-state index in [1.54, 1.807) is 18.0 Å². The van der Waals surface area contributed by atoms with E-state index >= 15 is 0 Å². The largest absolute Gasteiger partial charge is 0.271 e. The molecule has 0 spiro atoms. The standard InChI is InChI=1S/C8H6BrNOS/c1-4-6(9)5-2-3-10-8(11)7(5)12-4/h2-3,7H,1H3. The number of rotatable bonds is 0. The second-order valence-electron chi connectivity index (χ2n) is 2.61. The summed E-state index contributed by atoms with van der Waals surface area (Å²) in [7, 11) is 0. The Kier molecular flexibility index (Phi) is 1.96. The third kappa shape index (κ3) is 1.10. The number of halogens is 1. The highest BCUT2D eigenvalue weighted by molar-refractivity contribution is 9.12. The van der Waals surface area contributed by atoms with E-state index in [-0.39, 0.29) is 11.2 Å². The number of fused-ring (bicyclic) bond motifs is 1. The zero-order valence-electron chi connectivity index (χ0n) is 6.37. The van der Waals surface area contributed by atoms with Gasteiger partial charge in [-0.3, -0.25) is 4.79 Å². The maximum atomic E-state index is 11.3. The van der Waals surface area contributed by atoms with Gasteiger partial charge in [0.05, 0.1) is 0 Å². The molecule has 1 atom stereocenters.